The number of aromatic nitrogens is 3. The molecule has 1 amide bonds. The van der Waals surface area contributed by atoms with E-state index >= 15 is 0 Å². The first kappa shape index (κ1) is 23.0. The van der Waals surface area contributed by atoms with Crippen LogP contribution in [0.4, 0.5) is 9.18 Å². The maximum absolute atomic E-state index is 14.6. The highest BCUT2D eigenvalue weighted by Crippen LogP contribution is 2.38. The molecule has 1 saturated heterocycles. The lowest BCUT2D eigenvalue weighted by atomic mass is 9.87. The highest BCUT2D eigenvalue weighted by Gasteiger charge is 2.53. The Morgan fingerprint density at radius 3 is 2.58 bits per heavy atom. The van der Waals surface area contributed by atoms with Crippen molar-refractivity contribution in [2.24, 2.45) is 0 Å². The zero-order chi connectivity index (χ0) is 22.5. The van der Waals surface area contributed by atoms with Gasteiger partial charge in [0.15, 0.2) is 0 Å². The highest BCUT2D eigenvalue weighted by molar-refractivity contribution is 6.54. The Morgan fingerprint density at radius 1 is 1.23 bits per heavy atom. The van der Waals surface area contributed by atoms with Crippen molar-refractivity contribution in [3.8, 4) is 0 Å². The van der Waals surface area contributed by atoms with Crippen LogP contribution >= 0.6 is 0 Å². The van der Waals surface area contributed by atoms with Gasteiger partial charge in [-0.25, -0.2) is 9.18 Å². The molecule has 0 unspecified atom stereocenters. The molecular weight excluding hydrogens is 402 g/mol. The van der Waals surface area contributed by atoms with Crippen LogP contribution in [0, 0.1) is 0 Å². The largest absolute Gasteiger partial charge is 0.525 e. The van der Waals surface area contributed by atoms with Crippen LogP contribution in [0.25, 0.3) is 6.08 Å². The number of carbonyl (C=O) groups is 1. The summed E-state index contributed by atoms with van der Waals surface area (Å²) in [5.41, 5.74) is -0.504. The smallest absolute Gasteiger partial charge is 0.445 e. The van der Waals surface area contributed by atoms with Crippen LogP contribution < -0.4 is 5.32 Å². The molecule has 1 N–H and O–H groups in total. The summed E-state index contributed by atoms with van der Waals surface area (Å²) in [5, 5.41) is 10.6. The van der Waals surface area contributed by atoms with Gasteiger partial charge < -0.3 is 19.4 Å². The molecule has 2 aromatic rings. The number of benzene rings is 1. The minimum Gasteiger partial charge on any atom is -0.445 e. The normalized spacial score (nSPS) is 17.6. The van der Waals surface area contributed by atoms with E-state index in [1.54, 1.807) is 10.9 Å². The Hall–Kier alpha value is -2.72. The van der Waals surface area contributed by atoms with E-state index < -0.39 is 30.1 Å². The van der Waals surface area contributed by atoms with Crippen molar-refractivity contribution in [3.05, 3.63) is 53.5 Å². The monoisotopic (exact) mass is 430 g/mol. The second kappa shape index (κ2) is 9.61. The second-order valence-electron chi connectivity index (χ2n) is 8.37. The predicted molar refractivity (Wildman–Crippen MR) is 114 cm³/mol. The van der Waals surface area contributed by atoms with Crippen LogP contribution in [0.15, 0.2) is 42.3 Å². The van der Waals surface area contributed by atoms with E-state index in [0.29, 0.717) is 25.2 Å². The predicted octanol–water partition coefficient (Wildman–Crippen LogP) is 3.54. The van der Waals surface area contributed by atoms with Crippen LogP contribution in [0.1, 0.15) is 45.4 Å². The van der Waals surface area contributed by atoms with Gasteiger partial charge in [-0.05, 0) is 45.8 Å². The molecule has 0 saturated carbocycles. The van der Waals surface area contributed by atoms with Gasteiger partial charge in [0.05, 0.1) is 17.4 Å². The number of hydrogen-bond acceptors (Lipinski definition) is 6. The lowest BCUT2D eigenvalue weighted by Gasteiger charge is -2.32. The molecule has 0 aliphatic carbocycles. The van der Waals surface area contributed by atoms with Crippen molar-refractivity contribution in [1.29, 1.82) is 0 Å². The average molecular weight is 430 g/mol. The molecule has 166 valence electrons. The summed E-state index contributed by atoms with van der Waals surface area (Å²) in [6.07, 6.45) is 3.02. The standard InChI is InChI=1S/C21H28BFN4O4/c1-20(2)21(3,4)31-22(30-20)18(23)13-17-14-27(26-25-17)12-8-11-24-19(28)29-15-16-9-6-5-7-10-16/h5-7,9-10,13-14H,8,11-12,15H2,1-4H3,(H,24,28). The van der Waals surface area contributed by atoms with E-state index in [1.165, 1.54) is 6.08 Å². The first-order valence-corrected chi connectivity index (χ1v) is 10.2. The number of aryl methyl sites for hydroxylation is 1. The lowest BCUT2D eigenvalue weighted by Crippen LogP contribution is -2.41. The van der Waals surface area contributed by atoms with Crippen LogP contribution in [0.5, 0.6) is 0 Å². The van der Waals surface area contributed by atoms with Crippen LogP contribution in [0.3, 0.4) is 0 Å². The van der Waals surface area contributed by atoms with E-state index in [2.05, 4.69) is 15.6 Å². The van der Waals surface area contributed by atoms with Gasteiger partial charge in [0.2, 0.25) is 0 Å². The van der Waals surface area contributed by atoms with E-state index in [-0.39, 0.29) is 6.61 Å². The number of carbonyl (C=O) groups excluding carboxylic acids is 1. The summed E-state index contributed by atoms with van der Waals surface area (Å²) in [5.74, 6) is 0. The van der Waals surface area contributed by atoms with Gasteiger partial charge in [-0.15, -0.1) is 5.10 Å². The van der Waals surface area contributed by atoms with Gasteiger partial charge in [-0.2, -0.15) is 0 Å². The molecule has 1 fully saturated rings. The van der Waals surface area contributed by atoms with Crippen molar-refractivity contribution in [2.45, 2.75) is 58.5 Å². The molecule has 31 heavy (non-hydrogen) atoms. The topological polar surface area (TPSA) is 87.5 Å². The fraction of sp³-hybridized carbons (Fsp3) is 0.476. The van der Waals surface area contributed by atoms with Crippen molar-refractivity contribution in [1.82, 2.24) is 20.3 Å². The molecule has 2 heterocycles. The Morgan fingerprint density at radius 2 is 1.90 bits per heavy atom. The van der Waals surface area contributed by atoms with Crippen LogP contribution in [-0.4, -0.2) is 46.0 Å². The van der Waals surface area contributed by atoms with Crippen molar-refractivity contribution < 1.29 is 23.2 Å². The number of ether oxygens (including phenoxy) is 1. The third-order valence-electron chi connectivity index (χ3n) is 5.37. The van der Waals surface area contributed by atoms with Gasteiger partial charge in [0, 0.05) is 13.1 Å². The molecule has 0 radical (unpaired) electrons. The van der Waals surface area contributed by atoms with Gasteiger partial charge in [-0.1, -0.05) is 35.5 Å². The third-order valence-corrected chi connectivity index (χ3v) is 5.37. The lowest BCUT2D eigenvalue weighted by molar-refractivity contribution is 0.00578. The molecule has 1 aromatic carbocycles. The first-order chi connectivity index (χ1) is 14.7. The maximum atomic E-state index is 14.6. The molecule has 0 atom stereocenters. The van der Waals surface area contributed by atoms with E-state index in [9.17, 15) is 9.18 Å². The highest BCUT2D eigenvalue weighted by atomic mass is 19.1. The van der Waals surface area contributed by atoms with Gasteiger partial charge in [-0.3, -0.25) is 4.68 Å². The Labute approximate surface area is 181 Å². The SMILES string of the molecule is CC1(C)OB(C(F)=Cc2cn(CCCNC(=O)OCc3ccccc3)nn2)OC1(C)C. The maximum Gasteiger partial charge on any atom is 0.525 e. The number of amides is 1. The second-order valence-corrected chi connectivity index (χ2v) is 8.37. The summed E-state index contributed by atoms with van der Waals surface area (Å²) in [6.45, 7) is 8.60. The number of hydrogen-bond donors (Lipinski definition) is 1. The zero-order valence-electron chi connectivity index (χ0n) is 18.3. The van der Waals surface area contributed by atoms with E-state index in [0.717, 1.165) is 5.56 Å². The quantitative estimate of drug-likeness (QED) is 0.509. The van der Waals surface area contributed by atoms with Crippen LogP contribution in [-0.2, 0) is 27.2 Å². The molecule has 0 bridgehead atoms. The van der Waals surface area contributed by atoms with Crippen LogP contribution in [0.2, 0.25) is 0 Å². The summed E-state index contributed by atoms with van der Waals surface area (Å²) < 4.78 is 32.6. The minimum absolute atomic E-state index is 0.222. The van der Waals surface area contributed by atoms with Gasteiger partial charge in [0.1, 0.15) is 18.0 Å². The molecule has 1 aliphatic heterocycles. The molecule has 1 aliphatic rings. The summed E-state index contributed by atoms with van der Waals surface area (Å²) >= 11 is 0. The fourth-order valence-electron chi connectivity index (χ4n) is 2.86. The number of nitrogens with zero attached hydrogens (tertiary/aromatic N) is 3. The van der Waals surface area contributed by atoms with Crippen molar-refractivity contribution in [3.63, 3.8) is 0 Å². The average Bonchev–Trinajstić information content (AvgIpc) is 3.25. The zero-order valence-corrected chi connectivity index (χ0v) is 18.3. The Bertz CT molecular complexity index is 901. The molecule has 8 nitrogen and oxygen atoms in total. The minimum atomic E-state index is -1.07. The summed E-state index contributed by atoms with van der Waals surface area (Å²) in [6, 6.07) is 9.46. The van der Waals surface area contributed by atoms with Gasteiger partial charge >= 0.3 is 13.2 Å². The summed E-state index contributed by atoms with van der Waals surface area (Å²) in [4.78, 5) is 11.7. The molecule has 1 aromatic heterocycles. The molecule has 0 spiro atoms. The van der Waals surface area contributed by atoms with E-state index in [1.807, 2.05) is 58.0 Å². The third kappa shape index (κ3) is 6.14. The summed E-state index contributed by atoms with van der Waals surface area (Å²) in [7, 11) is -1.07. The number of nitrogens with one attached hydrogen (secondary N) is 1. The first-order valence-electron chi connectivity index (χ1n) is 10.2. The molecule has 10 heteroatoms. The molecule has 3 rings (SSSR count). The van der Waals surface area contributed by atoms with E-state index in [4.69, 9.17) is 14.0 Å². The van der Waals surface area contributed by atoms with Gasteiger partial charge in [0.25, 0.3) is 0 Å². The number of halogens is 1. The van der Waals surface area contributed by atoms with Crippen molar-refractivity contribution in [2.75, 3.05) is 6.54 Å². The molecular formula is C21H28BFN4O4. The van der Waals surface area contributed by atoms with Crippen molar-refractivity contribution >= 4 is 19.3 Å². The Balaban J connectivity index is 1.40. The number of rotatable bonds is 8. The Kier molecular flexibility index (Phi) is 7.12. The fourth-order valence-corrected chi connectivity index (χ4v) is 2.86. The number of alkyl carbamates (subject to hydrolysis) is 1.